The molecule has 2 aromatic heterocycles. The van der Waals surface area contributed by atoms with Crippen LogP contribution in [0, 0.1) is 6.92 Å². The number of aromatic nitrogens is 3. The zero-order valence-corrected chi connectivity index (χ0v) is 12.7. The van der Waals surface area contributed by atoms with Gasteiger partial charge in [0.1, 0.15) is 0 Å². The minimum Gasteiger partial charge on any atom is -0.325 e. The van der Waals surface area contributed by atoms with E-state index in [-0.39, 0.29) is 5.91 Å². The van der Waals surface area contributed by atoms with Crippen molar-refractivity contribution in [1.82, 2.24) is 14.8 Å². The monoisotopic (exact) mass is 324 g/mol. The van der Waals surface area contributed by atoms with E-state index in [0.717, 1.165) is 40.6 Å². The minimum absolute atomic E-state index is 0.0312. The average Bonchev–Trinajstić information content (AvgIpc) is 2.65. The van der Waals surface area contributed by atoms with Gasteiger partial charge in [-0.15, -0.1) is 0 Å². The molecule has 0 saturated heterocycles. The van der Waals surface area contributed by atoms with Gasteiger partial charge in [-0.1, -0.05) is 15.9 Å². The molecule has 0 unspecified atom stereocenters. The molecule has 2 rings (SSSR count). The Hall–Kier alpha value is -1.43. The number of aryl methyl sites for hydroxylation is 2. The van der Waals surface area contributed by atoms with Crippen LogP contribution < -0.4 is 5.32 Å². The third-order valence-corrected chi connectivity index (χ3v) is 3.49. The Morgan fingerprint density at radius 2 is 2.26 bits per heavy atom. The number of pyridine rings is 1. The van der Waals surface area contributed by atoms with Crippen molar-refractivity contribution >= 4 is 38.6 Å². The number of nitrogens with one attached hydrogen (secondary N) is 1. The summed E-state index contributed by atoms with van der Waals surface area (Å²) in [5.74, 6) is 0.0312. The number of anilines is 1. The zero-order valence-electron chi connectivity index (χ0n) is 11.1. The SMILES string of the molecule is Cc1nn(C)c2ncc(NC(=O)CCCCBr)cc12. The number of rotatable bonds is 5. The molecule has 0 aliphatic carbocycles. The lowest BCUT2D eigenvalue weighted by molar-refractivity contribution is -0.116. The van der Waals surface area contributed by atoms with Crippen LogP contribution in [-0.4, -0.2) is 26.0 Å². The number of nitrogens with zero attached hydrogens (tertiary/aromatic N) is 3. The molecule has 6 heteroatoms. The van der Waals surface area contributed by atoms with Gasteiger partial charge >= 0.3 is 0 Å². The number of carbonyl (C=O) groups excluding carboxylic acids is 1. The van der Waals surface area contributed by atoms with Gasteiger partial charge in [0.25, 0.3) is 0 Å². The largest absolute Gasteiger partial charge is 0.325 e. The van der Waals surface area contributed by atoms with Crippen LogP contribution in [0.1, 0.15) is 25.0 Å². The lowest BCUT2D eigenvalue weighted by Crippen LogP contribution is -2.11. The summed E-state index contributed by atoms with van der Waals surface area (Å²) >= 11 is 3.35. The summed E-state index contributed by atoms with van der Waals surface area (Å²) in [5.41, 5.74) is 2.47. The van der Waals surface area contributed by atoms with Crippen molar-refractivity contribution in [2.45, 2.75) is 26.2 Å². The molecule has 0 aliphatic rings. The maximum atomic E-state index is 11.7. The summed E-state index contributed by atoms with van der Waals surface area (Å²) in [5, 5.41) is 9.09. The zero-order chi connectivity index (χ0) is 13.8. The summed E-state index contributed by atoms with van der Waals surface area (Å²) in [6.45, 7) is 1.94. The number of unbranched alkanes of at least 4 members (excludes halogenated alkanes) is 1. The molecule has 1 amide bonds. The summed E-state index contributed by atoms with van der Waals surface area (Å²) < 4.78 is 1.74. The van der Waals surface area contributed by atoms with E-state index >= 15 is 0 Å². The van der Waals surface area contributed by atoms with Gasteiger partial charge in [-0.05, 0) is 25.8 Å². The van der Waals surface area contributed by atoms with Crippen LogP contribution in [0.2, 0.25) is 0 Å². The van der Waals surface area contributed by atoms with Crippen molar-refractivity contribution in [1.29, 1.82) is 0 Å². The molecule has 0 radical (unpaired) electrons. The Morgan fingerprint density at radius 3 is 3.00 bits per heavy atom. The van der Waals surface area contributed by atoms with E-state index in [9.17, 15) is 4.79 Å². The predicted molar refractivity (Wildman–Crippen MR) is 79.5 cm³/mol. The van der Waals surface area contributed by atoms with Gasteiger partial charge in [0, 0.05) is 24.2 Å². The summed E-state index contributed by atoms with van der Waals surface area (Å²) in [7, 11) is 1.86. The number of amides is 1. The average molecular weight is 325 g/mol. The fraction of sp³-hybridized carbons (Fsp3) is 0.462. The second-order valence-electron chi connectivity index (χ2n) is 4.50. The van der Waals surface area contributed by atoms with Crippen LogP contribution in [0.15, 0.2) is 12.3 Å². The standard InChI is InChI=1S/C13H17BrN4O/c1-9-11-7-10(8-15-13(11)18(2)17-9)16-12(19)5-3-4-6-14/h7-8H,3-6H2,1-2H3,(H,16,19). The van der Waals surface area contributed by atoms with Crippen LogP contribution in [0.4, 0.5) is 5.69 Å². The predicted octanol–water partition coefficient (Wildman–Crippen LogP) is 2.78. The molecule has 19 heavy (non-hydrogen) atoms. The molecule has 0 spiro atoms. The Balaban J connectivity index is 2.09. The van der Waals surface area contributed by atoms with Crippen LogP contribution >= 0.6 is 15.9 Å². The highest BCUT2D eigenvalue weighted by Crippen LogP contribution is 2.19. The third-order valence-electron chi connectivity index (χ3n) is 2.93. The van der Waals surface area contributed by atoms with Crippen molar-refractivity contribution in [2.75, 3.05) is 10.6 Å². The summed E-state index contributed by atoms with van der Waals surface area (Å²) in [6.07, 6.45) is 4.10. The van der Waals surface area contributed by atoms with Gasteiger partial charge in [-0.2, -0.15) is 5.10 Å². The molecule has 0 atom stereocenters. The van der Waals surface area contributed by atoms with E-state index in [1.165, 1.54) is 0 Å². The minimum atomic E-state index is 0.0312. The van der Waals surface area contributed by atoms with Gasteiger partial charge < -0.3 is 5.32 Å². The van der Waals surface area contributed by atoms with Crippen LogP contribution in [-0.2, 0) is 11.8 Å². The van der Waals surface area contributed by atoms with Gasteiger partial charge in [-0.25, -0.2) is 4.98 Å². The first-order valence-corrected chi connectivity index (χ1v) is 7.39. The van der Waals surface area contributed by atoms with E-state index < -0.39 is 0 Å². The molecule has 5 nitrogen and oxygen atoms in total. The van der Waals surface area contributed by atoms with Crippen molar-refractivity contribution in [3.05, 3.63) is 18.0 Å². The number of halogens is 1. The molecular weight excluding hydrogens is 308 g/mol. The second-order valence-corrected chi connectivity index (χ2v) is 5.29. The Kier molecular flexibility index (Phi) is 4.52. The van der Waals surface area contributed by atoms with E-state index in [0.29, 0.717) is 6.42 Å². The normalized spacial score (nSPS) is 10.9. The Bertz CT molecular complexity index is 594. The van der Waals surface area contributed by atoms with Crippen molar-refractivity contribution < 1.29 is 4.79 Å². The fourth-order valence-electron chi connectivity index (χ4n) is 1.98. The quantitative estimate of drug-likeness (QED) is 0.679. The highest BCUT2D eigenvalue weighted by Gasteiger charge is 2.08. The van der Waals surface area contributed by atoms with E-state index in [2.05, 4.69) is 31.3 Å². The molecule has 102 valence electrons. The van der Waals surface area contributed by atoms with E-state index in [1.54, 1.807) is 10.9 Å². The molecule has 0 fully saturated rings. The number of hydrogen-bond donors (Lipinski definition) is 1. The molecule has 0 aromatic carbocycles. The van der Waals surface area contributed by atoms with Crippen LogP contribution in [0.3, 0.4) is 0 Å². The van der Waals surface area contributed by atoms with Gasteiger partial charge in [0.15, 0.2) is 5.65 Å². The van der Waals surface area contributed by atoms with Gasteiger partial charge in [-0.3, -0.25) is 9.48 Å². The molecule has 0 aliphatic heterocycles. The van der Waals surface area contributed by atoms with Crippen molar-refractivity contribution in [3.8, 4) is 0 Å². The molecule has 2 heterocycles. The summed E-state index contributed by atoms with van der Waals surface area (Å²) in [6, 6.07) is 1.92. The molecule has 0 bridgehead atoms. The first kappa shape index (κ1) is 14.0. The van der Waals surface area contributed by atoms with Crippen molar-refractivity contribution in [3.63, 3.8) is 0 Å². The van der Waals surface area contributed by atoms with Gasteiger partial charge in [0.05, 0.1) is 17.6 Å². The first-order chi connectivity index (χ1) is 9.11. The highest BCUT2D eigenvalue weighted by atomic mass is 79.9. The summed E-state index contributed by atoms with van der Waals surface area (Å²) in [4.78, 5) is 16.1. The number of hydrogen-bond acceptors (Lipinski definition) is 3. The lowest BCUT2D eigenvalue weighted by atomic mass is 10.2. The first-order valence-electron chi connectivity index (χ1n) is 6.27. The number of alkyl halides is 1. The molecule has 2 aromatic rings. The smallest absolute Gasteiger partial charge is 0.224 e. The van der Waals surface area contributed by atoms with Crippen LogP contribution in [0.25, 0.3) is 11.0 Å². The molecule has 0 saturated carbocycles. The van der Waals surface area contributed by atoms with Crippen LogP contribution in [0.5, 0.6) is 0 Å². The van der Waals surface area contributed by atoms with E-state index in [1.807, 2.05) is 20.0 Å². The topological polar surface area (TPSA) is 59.8 Å². The Labute approximate surface area is 120 Å². The fourth-order valence-corrected chi connectivity index (χ4v) is 2.38. The number of carbonyl (C=O) groups is 1. The molecule has 1 N–H and O–H groups in total. The Morgan fingerprint density at radius 1 is 1.47 bits per heavy atom. The number of fused-ring (bicyclic) bond motifs is 1. The maximum Gasteiger partial charge on any atom is 0.224 e. The third kappa shape index (κ3) is 3.32. The lowest BCUT2D eigenvalue weighted by Gasteiger charge is -2.04. The van der Waals surface area contributed by atoms with Gasteiger partial charge in [0.2, 0.25) is 5.91 Å². The maximum absolute atomic E-state index is 11.7. The van der Waals surface area contributed by atoms with Crippen molar-refractivity contribution in [2.24, 2.45) is 7.05 Å². The second kappa shape index (κ2) is 6.14. The molecular formula is C13H17BrN4O. The van der Waals surface area contributed by atoms with E-state index in [4.69, 9.17) is 0 Å². The highest BCUT2D eigenvalue weighted by molar-refractivity contribution is 9.09.